The molecule has 0 saturated carbocycles. The van der Waals surface area contributed by atoms with Gasteiger partial charge in [-0.05, 0) is 31.2 Å². The van der Waals surface area contributed by atoms with E-state index < -0.39 is 21.1 Å². The van der Waals surface area contributed by atoms with Crippen molar-refractivity contribution < 1.29 is 22.3 Å². The topological polar surface area (TPSA) is 134 Å². The smallest absolute Gasteiger partial charge is 0.243 e. The molecule has 0 aliphatic carbocycles. The lowest BCUT2D eigenvalue weighted by Crippen LogP contribution is -2.29. The van der Waals surface area contributed by atoms with E-state index in [4.69, 9.17) is 9.47 Å². The van der Waals surface area contributed by atoms with Gasteiger partial charge in [0.2, 0.25) is 16.0 Å². The summed E-state index contributed by atoms with van der Waals surface area (Å²) in [6.07, 6.45) is 5.11. The summed E-state index contributed by atoms with van der Waals surface area (Å²) in [7, 11) is -1.03. The van der Waals surface area contributed by atoms with Crippen LogP contribution in [0, 0.1) is 5.82 Å². The van der Waals surface area contributed by atoms with Crippen molar-refractivity contribution >= 4 is 16.0 Å². The molecule has 4 rings (SSSR count). The molecule has 1 aromatic carbocycles. The first-order chi connectivity index (χ1) is 16.8. The van der Waals surface area contributed by atoms with E-state index in [2.05, 4.69) is 29.9 Å². The van der Waals surface area contributed by atoms with E-state index in [1.165, 1.54) is 25.7 Å². The molecule has 0 amide bonds. The van der Waals surface area contributed by atoms with Gasteiger partial charge in [-0.2, -0.15) is 0 Å². The third-order valence-corrected chi connectivity index (χ3v) is 6.81. The maximum Gasteiger partial charge on any atom is 0.243 e. The molecule has 1 atom stereocenters. The van der Waals surface area contributed by atoms with Crippen molar-refractivity contribution in [2.24, 2.45) is 0 Å². The molecule has 11 nitrogen and oxygen atoms in total. The lowest BCUT2D eigenvalue weighted by atomic mass is 10.2. The Kier molecular flexibility index (Phi) is 6.87. The molecule has 3 aromatic heterocycles. The van der Waals surface area contributed by atoms with Crippen LogP contribution in [0.3, 0.4) is 0 Å². The molecule has 4 aromatic rings. The van der Waals surface area contributed by atoms with E-state index in [1.807, 2.05) is 0 Å². The Hall–Kier alpha value is -4.13. The maximum atomic E-state index is 13.2. The zero-order valence-electron chi connectivity index (χ0n) is 19.1. The first kappa shape index (κ1) is 24.0. The highest BCUT2D eigenvalue weighted by molar-refractivity contribution is 7.93. The highest BCUT2D eigenvalue weighted by Crippen LogP contribution is 2.37. The van der Waals surface area contributed by atoms with Gasteiger partial charge in [0.1, 0.15) is 23.0 Å². The minimum Gasteiger partial charge on any atom is -0.494 e. The average Bonchev–Trinajstić information content (AvgIpc) is 3.27. The number of pyridine rings is 1. The van der Waals surface area contributed by atoms with Crippen LogP contribution in [0.1, 0.15) is 12.7 Å². The third kappa shape index (κ3) is 5.04. The van der Waals surface area contributed by atoms with Gasteiger partial charge in [0.05, 0.1) is 31.9 Å². The standard InChI is InChI=1S/C22H22FN7O4S/c1-14(10-19-25-12-16(23)13-26-19)35(31,32)29-22-28-27-21(15-6-5-9-24-11-15)30(22)20-17(33-2)7-4-8-18(20)34-3/h4-9,11-14H,10H2,1-3H3,(H,28,29)/t14-/m1/s1. The average molecular weight is 500 g/mol. The van der Waals surface area contributed by atoms with E-state index in [-0.39, 0.29) is 18.2 Å². The van der Waals surface area contributed by atoms with Gasteiger partial charge in [0.25, 0.3) is 0 Å². The Bertz CT molecular complexity index is 1390. The molecule has 0 aliphatic heterocycles. The van der Waals surface area contributed by atoms with Gasteiger partial charge in [-0.3, -0.25) is 14.3 Å². The molecule has 3 heterocycles. The van der Waals surface area contributed by atoms with Crippen LogP contribution in [0.4, 0.5) is 10.3 Å². The first-order valence-electron chi connectivity index (χ1n) is 10.4. The van der Waals surface area contributed by atoms with Crippen LogP contribution < -0.4 is 14.2 Å². The van der Waals surface area contributed by atoms with Gasteiger partial charge < -0.3 is 9.47 Å². The monoisotopic (exact) mass is 499 g/mol. The number of nitrogens with one attached hydrogen (secondary N) is 1. The van der Waals surface area contributed by atoms with Crippen LogP contribution in [-0.4, -0.2) is 57.6 Å². The van der Waals surface area contributed by atoms with Crippen molar-refractivity contribution in [3.05, 3.63) is 66.8 Å². The van der Waals surface area contributed by atoms with E-state index in [0.717, 1.165) is 12.4 Å². The maximum absolute atomic E-state index is 13.2. The Balaban J connectivity index is 1.79. The Morgan fingerprint density at radius 2 is 1.71 bits per heavy atom. The molecule has 182 valence electrons. The highest BCUT2D eigenvalue weighted by Gasteiger charge is 2.28. The molecule has 0 bridgehead atoms. The number of rotatable bonds is 9. The highest BCUT2D eigenvalue weighted by atomic mass is 32.2. The summed E-state index contributed by atoms with van der Waals surface area (Å²) in [4.78, 5) is 11.8. The molecule has 0 radical (unpaired) electrons. The second-order valence-corrected chi connectivity index (χ2v) is 9.51. The zero-order chi connectivity index (χ0) is 25.0. The predicted octanol–water partition coefficient (Wildman–Crippen LogP) is 2.65. The van der Waals surface area contributed by atoms with Crippen molar-refractivity contribution in [3.63, 3.8) is 0 Å². The number of hydrogen-bond acceptors (Lipinski definition) is 9. The van der Waals surface area contributed by atoms with Crippen LogP contribution in [-0.2, 0) is 16.4 Å². The molecule has 0 spiro atoms. The van der Waals surface area contributed by atoms with Crippen molar-refractivity contribution in [2.75, 3.05) is 18.9 Å². The van der Waals surface area contributed by atoms with Gasteiger partial charge in [0, 0.05) is 24.4 Å². The number of aromatic nitrogens is 6. The summed E-state index contributed by atoms with van der Waals surface area (Å²) < 4.78 is 54.6. The number of ether oxygens (including phenoxy) is 2. The van der Waals surface area contributed by atoms with Crippen molar-refractivity contribution in [2.45, 2.75) is 18.6 Å². The van der Waals surface area contributed by atoms with Crippen LogP contribution in [0.2, 0.25) is 0 Å². The van der Waals surface area contributed by atoms with Crippen LogP contribution in [0.5, 0.6) is 11.5 Å². The summed E-state index contributed by atoms with van der Waals surface area (Å²) in [5.41, 5.74) is 0.986. The normalized spacial score (nSPS) is 12.2. The Morgan fingerprint density at radius 3 is 2.31 bits per heavy atom. The lowest BCUT2D eigenvalue weighted by molar-refractivity contribution is 0.391. The van der Waals surface area contributed by atoms with Crippen LogP contribution in [0.25, 0.3) is 17.1 Å². The number of halogens is 1. The zero-order valence-corrected chi connectivity index (χ0v) is 19.9. The summed E-state index contributed by atoms with van der Waals surface area (Å²) in [6.45, 7) is 1.49. The minimum atomic E-state index is -4.00. The number of para-hydroxylation sites is 1. The molecule has 1 N–H and O–H groups in total. The molecular weight excluding hydrogens is 477 g/mol. The number of sulfonamides is 1. The number of hydrogen-bond donors (Lipinski definition) is 1. The molecule has 35 heavy (non-hydrogen) atoms. The fraction of sp³-hybridized carbons (Fsp3) is 0.227. The summed E-state index contributed by atoms with van der Waals surface area (Å²) in [5, 5.41) is 7.36. The second kappa shape index (κ2) is 10.0. The van der Waals surface area contributed by atoms with Crippen molar-refractivity contribution in [1.29, 1.82) is 0 Å². The number of anilines is 1. The fourth-order valence-electron chi connectivity index (χ4n) is 3.34. The summed E-state index contributed by atoms with van der Waals surface area (Å²) in [6, 6.07) is 8.64. The van der Waals surface area contributed by atoms with Gasteiger partial charge >= 0.3 is 0 Å². The van der Waals surface area contributed by atoms with Gasteiger partial charge in [-0.15, -0.1) is 10.2 Å². The van der Waals surface area contributed by atoms with Gasteiger partial charge in [-0.1, -0.05) is 6.07 Å². The van der Waals surface area contributed by atoms with E-state index in [9.17, 15) is 12.8 Å². The summed E-state index contributed by atoms with van der Waals surface area (Å²) in [5.74, 6) is 0.619. The second-order valence-electron chi connectivity index (χ2n) is 7.41. The van der Waals surface area contributed by atoms with Crippen molar-refractivity contribution in [3.8, 4) is 28.6 Å². The quantitative estimate of drug-likeness (QED) is 0.369. The third-order valence-electron chi connectivity index (χ3n) is 5.12. The lowest BCUT2D eigenvalue weighted by Gasteiger charge is -2.19. The molecule has 13 heteroatoms. The first-order valence-corrected chi connectivity index (χ1v) is 11.9. The van der Waals surface area contributed by atoms with Crippen LogP contribution >= 0.6 is 0 Å². The Labute approximate surface area is 201 Å². The number of nitrogens with zero attached hydrogens (tertiary/aromatic N) is 6. The number of benzene rings is 1. The van der Waals surface area contributed by atoms with Crippen molar-refractivity contribution in [1.82, 2.24) is 29.7 Å². The molecular formula is C22H22FN7O4S. The van der Waals surface area contributed by atoms with E-state index in [1.54, 1.807) is 42.7 Å². The van der Waals surface area contributed by atoms with Gasteiger partial charge in [-0.25, -0.2) is 22.8 Å². The van der Waals surface area contributed by atoms with E-state index in [0.29, 0.717) is 28.6 Å². The molecule has 0 fully saturated rings. The molecule has 0 saturated heterocycles. The predicted molar refractivity (Wildman–Crippen MR) is 125 cm³/mol. The van der Waals surface area contributed by atoms with Gasteiger partial charge in [0.15, 0.2) is 11.6 Å². The van der Waals surface area contributed by atoms with Crippen LogP contribution in [0.15, 0.2) is 55.1 Å². The van der Waals surface area contributed by atoms with E-state index >= 15 is 0 Å². The number of methoxy groups -OCH3 is 2. The molecule has 0 unspecified atom stereocenters. The SMILES string of the molecule is COc1cccc(OC)c1-n1c(NS(=O)(=O)[C@H](C)Cc2ncc(F)cn2)nnc1-c1cccnc1. The largest absolute Gasteiger partial charge is 0.494 e. The minimum absolute atomic E-state index is 0.0445. The molecule has 0 aliphatic rings. The fourth-order valence-corrected chi connectivity index (χ4v) is 4.29. The Morgan fingerprint density at radius 1 is 1.03 bits per heavy atom. The summed E-state index contributed by atoms with van der Waals surface area (Å²) >= 11 is 0.